The number of benzene rings is 1. The van der Waals surface area contributed by atoms with Gasteiger partial charge in [-0.2, -0.15) is 4.31 Å². The van der Waals surface area contributed by atoms with Crippen molar-refractivity contribution in [1.82, 2.24) is 9.21 Å². The lowest BCUT2D eigenvalue weighted by Crippen LogP contribution is -2.54. The van der Waals surface area contributed by atoms with Gasteiger partial charge in [0.05, 0.1) is 10.9 Å². The predicted octanol–water partition coefficient (Wildman–Crippen LogP) is 1.30. The maximum atomic E-state index is 12.6. The molecule has 23 heavy (non-hydrogen) atoms. The highest BCUT2D eigenvalue weighted by Gasteiger charge is 2.31. The molecule has 1 heterocycles. The van der Waals surface area contributed by atoms with Gasteiger partial charge in [-0.3, -0.25) is 4.79 Å². The largest absolute Gasteiger partial charge is 0.339 e. The number of nitrogens with two attached hydrogens (primary N) is 1. The fourth-order valence-corrected chi connectivity index (χ4v) is 4.12. The van der Waals surface area contributed by atoms with E-state index in [1.807, 2.05) is 6.92 Å². The number of carbonyl (C=O) groups is 1. The average Bonchev–Trinajstić information content (AvgIpc) is 2.55. The van der Waals surface area contributed by atoms with Gasteiger partial charge in [-0.1, -0.05) is 24.9 Å². The van der Waals surface area contributed by atoms with E-state index < -0.39 is 16.1 Å². The van der Waals surface area contributed by atoms with Crippen LogP contribution in [0, 0.1) is 0 Å². The summed E-state index contributed by atoms with van der Waals surface area (Å²) in [5.41, 5.74) is 5.85. The number of carbonyl (C=O) groups excluding carboxylic acids is 1. The standard InChI is InChI=1S/C15H22ClN3O3S/c1-2-3-14(17)15(20)18-8-10-19(11-9-18)23(21,22)13-6-4-12(16)5-7-13/h4-7,14H,2-3,8-11,17H2,1H3. The van der Waals surface area contributed by atoms with Gasteiger partial charge in [0.1, 0.15) is 0 Å². The van der Waals surface area contributed by atoms with Crippen LogP contribution in [0.4, 0.5) is 0 Å². The summed E-state index contributed by atoms with van der Waals surface area (Å²) < 4.78 is 26.5. The van der Waals surface area contributed by atoms with Crippen molar-refractivity contribution in [3.63, 3.8) is 0 Å². The Morgan fingerprint density at radius 3 is 2.30 bits per heavy atom. The fourth-order valence-electron chi connectivity index (χ4n) is 2.57. The van der Waals surface area contributed by atoms with Gasteiger partial charge < -0.3 is 10.6 Å². The van der Waals surface area contributed by atoms with Gasteiger partial charge in [0.15, 0.2) is 0 Å². The molecule has 1 saturated heterocycles. The van der Waals surface area contributed by atoms with Crippen LogP contribution < -0.4 is 5.73 Å². The van der Waals surface area contributed by atoms with Crippen LogP contribution in [0.25, 0.3) is 0 Å². The van der Waals surface area contributed by atoms with Crippen LogP contribution in [0.2, 0.25) is 5.02 Å². The molecule has 1 aliphatic rings. The van der Waals surface area contributed by atoms with Gasteiger partial charge in [0.25, 0.3) is 0 Å². The van der Waals surface area contributed by atoms with Gasteiger partial charge in [0, 0.05) is 31.2 Å². The average molecular weight is 360 g/mol. The summed E-state index contributed by atoms with van der Waals surface area (Å²) in [6, 6.07) is 5.59. The third-order valence-corrected chi connectivity index (χ3v) is 6.08. The van der Waals surface area contributed by atoms with Crippen LogP contribution in [0.1, 0.15) is 19.8 Å². The Labute approximate surface area is 142 Å². The summed E-state index contributed by atoms with van der Waals surface area (Å²) >= 11 is 5.79. The predicted molar refractivity (Wildman–Crippen MR) is 89.7 cm³/mol. The molecule has 1 aromatic carbocycles. The van der Waals surface area contributed by atoms with E-state index in [-0.39, 0.29) is 23.9 Å². The van der Waals surface area contributed by atoms with Crippen molar-refractivity contribution in [3.05, 3.63) is 29.3 Å². The third kappa shape index (κ3) is 4.23. The SMILES string of the molecule is CCCC(N)C(=O)N1CCN(S(=O)(=O)c2ccc(Cl)cc2)CC1. The lowest BCUT2D eigenvalue weighted by atomic mass is 10.1. The zero-order valence-corrected chi connectivity index (χ0v) is 14.7. The van der Waals surface area contributed by atoms with Crippen LogP contribution in [0.5, 0.6) is 0 Å². The molecule has 6 nitrogen and oxygen atoms in total. The molecule has 0 bridgehead atoms. The Balaban J connectivity index is 2.01. The van der Waals surface area contributed by atoms with Crippen molar-refractivity contribution in [2.45, 2.75) is 30.7 Å². The van der Waals surface area contributed by atoms with Crippen molar-refractivity contribution in [2.75, 3.05) is 26.2 Å². The molecule has 0 aliphatic carbocycles. The summed E-state index contributed by atoms with van der Waals surface area (Å²) in [5.74, 6) is -0.101. The van der Waals surface area contributed by atoms with Crippen LogP contribution in [0.15, 0.2) is 29.2 Å². The summed E-state index contributed by atoms with van der Waals surface area (Å²) in [4.78, 5) is 14.0. The quantitative estimate of drug-likeness (QED) is 0.858. The monoisotopic (exact) mass is 359 g/mol. The first-order valence-electron chi connectivity index (χ1n) is 7.66. The van der Waals surface area contributed by atoms with Crippen LogP contribution >= 0.6 is 11.6 Å². The Bertz CT molecular complexity index is 640. The molecule has 2 N–H and O–H groups in total. The van der Waals surface area contributed by atoms with Gasteiger partial charge in [0.2, 0.25) is 15.9 Å². The summed E-state index contributed by atoms with van der Waals surface area (Å²) in [5, 5.41) is 0.490. The zero-order chi connectivity index (χ0) is 17.0. The van der Waals surface area contributed by atoms with E-state index >= 15 is 0 Å². The van der Waals surface area contributed by atoms with E-state index in [2.05, 4.69) is 0 Å². The molecule has 1 aliphatic heterocycles. The number of hydrogen-bond donors (Lipinski definition) is 1. The van der Waals surface area contributed by atoms with Crippen molar-refractivity contribution in [1.29, 1.82) is 0 Å². The number of halogens is 1. The fraction of sp³-hybridized carbons (Fsp3) is 0.533. The first kappa shape index (κ1) is 18.2. The van der Waals surface area contributed by atoms with E-state index in [0.717, 1.165) is 6.42 Å². The van der Waals surface area contributed by atoms with E-state index in [1.54, 1.807) is 17.0 Å². The van der Waals surface area contributed by atoms with Crippen LogP contribution in [-0.2, 0) is 14.8 Å². The highest BCUT2D eigenvalue weighted by Crippen LogP contribution is 2.20. The molecule has 0 saturated carbocycles. The Hall–Kier alpha value is -1.15. The molecule has 1 atom stereocenters. The number of amides is 1. The maximum Gasteiger partial charge on any atom is 0.243 e. The topological polar surface area (TPSA) is 83.7 Å². The van der Waals surface area contributed by atoms with E-state index in [1.165, 1.54) is 16.4 Å². The van der Waals surface area contributed by atoms with Crippen molar-refractivity contribution < 1.29 is 13.2 Å². The summed E-state index contributed by atoms with van der Waals surface area (Å²) in [6.07, 6.45) is 1.49. The van der Waals surface area contributed by atoms with Gasteiger partial charge in [-0.25, -0.2) is 8.42 Å². The maximum absolute atomic E-state index is 12.6. The first-order chi connectivity index (χ1) is 10.9. The smallest absolute Gasteiger partial charge is 0.243 e. The highest BCUT2D eigenvalue weighted by molar-refractivity contribution is 7.89. The molecule has 1 amide bonds. The Morgan fingerprint density at radius 1 is 1.22 bits per heavy atom. The second kappa shape index (κ2) is 7.61. The van der Waals surface area contributed by atoms with Crippen molar-refractivity contribution in [3.8, 4) is 0 Å². The third-order valence-electron chi connectivity index (χ3n) is 3.92. The Morgan fingerprint density at radius 2 is 1.78 bits per heavy atom. The zero-order valence-electron chi connectivity index (χ0n) is 13.1. The molecule has 0 aromatic heterocycles. The molecule has 128 valence electrons. The number of piperazine rings is 1. The normalized spacial score (nSPS) is 18.0. The minimum absolute atomic E-state index is 0.101. The molecular formula is C15H22ClN3O3S. The minimum atomic E-state index is -3.55. The van der Waals surface area contributed by atoms with Crippen molar-refractivity contribution >= 4 is 27.5 Å². The first-order valence-corrected chi connectivity index (χ1v) is 9.48. The van der Waals surface area contributed by atoms with E-state index in [9.17, 15) is 13.2 Å². The van der Waals surface area contributed by atoms with Gasteiger partial charge in [-0.05, 0) is 30.7 Å². The second-order valence-corrected chi connectivity index (χ2v) is 7.95. The molecule has 1 aromatic rings. The summed E-state index contributed by atoms with van der Waals surface area (Å²) in [6.45, 7) is 3.25. The van der Waals surface area contributed by atoms with Crippen LogP contribution in [0.3, 0.4) is 0 Å². The second-order valence-electron chi connectivity index (χ2n) is 5.58. The molecule has 1 unspecified atom stereocenters. The number of hydrogen-bond acceptors (Lipinski definition) is 4. The number of nitrogens with zero attached hydrogens (tertiary/aromatic N) is 2. The molecule has 1 fully saturated rings. The number of sulfonamides is 1. The van der Waals surface area contributed by atoms with Gasteiger partial charge in [-0.15, -0.1) is 0 Å². The molecular weight excluding hydrogens is 338 g/mol. The van der Waals surface area contributed by atoms with Crippen LogP contribution in [-0.4, -0.2) is 55.8 Å². The molecule has 2 rings (SSSR count). The minimum Gasteiger partial charge on any atom is -0.339 e. The highest BCUT2D eigenvalue weighted by atomic mass is 35.5. The lowest BCUT2D eigenvalue weighted by molar-refractivity contribution is -0.133. The number of rotatable bonds is 5. The van der Waals surface area contributed by atoms with E-state index in [0.29, 0.717) is 24.5 Å². The lowest BCUT2D eigenvalue weighted by Gasteiger charge is -2.35. The molecule has 0 radical (unpaired) electrons. The molecule has 8 heteroatoms. The van der Waals surface area contributed by atoms with Crippen molar-refractivity contribution in [2.24, 2.45) is 5.73 Å². The van der Waals surface area contributed by atoms with Gasteiger partial charge >= 0.3 is 0 Å². The molecule has 0 spiro atoms. The Kier molecular flexibility index (Phi) is 6.02. The van der Waals surface area contributed by atoms with E-state index in [4.69, 9.17) is 17.3 Å². The summed E-state index contributed by atoms with van der Waals surface area (Å²) in [7, 11) is -3.55.